The smallest absolute Gasteiger partial charge is 0.262 e. The summed E-state index contributed by atoms with van der Waals surface area (Å²) < 4.78 is 5.36. The molecular formula is C15H13Cl2NO2. The zero-order chi connectivity index (χ0) is 14.5. The molecule has 0 aromatic heterocycles. The van der Waals surface area contributed by atoms with Crippen molar-refractivity contribution in [1.29, 1.82) is 0 Å². The van der Waals surface area contributed by atoms with Crippen LogP contribution in [-0.2, 0) is 4.79 Å². The Morgan fingerprint density at radius 2 is 1.95 bits per heavy atom. The van der Waals surface area contributed by atoms with E-state index >= 15 is 0 Å². The summed E-state index contributed by atoms with van der Waals surface area (Å²) in [6, 6.07) is 12.3. The fourth-order valence-electron chi connectivity index (χ4n) is 1.62. The third kappa shape index (κ3) is 3.89. The maximum absolute atomic E-state index is 11.8. The van der Waals surface area contributed by atoms with Gasteiger partial charge in [-0.25, -0.2) is 0 Å². The third-order valence-corrected chi connectivity index (χ3v) is 3.22. The average Bonchev–Trinajstić information content (AvgIpc) is 2.42. The molecular weight excluding hydrogens is 297 g/mol. The Morgan fingerprint density at radius 1 is 1.20 bits per heavy atom. The number of nitrogens with one attached hydrogen (secondary N) is 1. The van der Waals surface area contributed by atoms with Crippen LogP contribution < -0.4 is 10.1 Å². The number of aryl methyl sites for hydroxylation is 1. The van der Waals surface area contributed by atoms with Gasteiger partial charge in [-0.15, -0.1) is 0 Å². The van der Waals surface area contributed by atoms with Crippen molar-refractivity contribution in [2.75, 3.05) is 11.9 Å². The SMILES string of the molecule is Cc1ccc(Cl)cc1NC(=O)COc1ccccc1Cl. The summed E-state index contributed by atoms with van der Waals surface area (Å²) in [5.74, 6) is 0.211. The molecule has 0 unspecified atom stereocenters. The highest BCUT2D eigenvalue weighted by Crippen LogP contribution is 2.23. The van der Waals surface area contributed by atoms with Crippen LogP contribution in [0.15, 0.2) is 42.5 Å². The second-order valence-electron chi connectivity index (χ2n) is 4.23. The van der Waals surface area contributed by atoms with E-state index in [2.05, 4.69) is 5.32 Å². The van der Waals surface area contributed by atoms with E-state index in [1.807, 2.05) is 13.0 Å². The molecule has 0 aliphatic heterocycles. The summed E-state index contributed by atoms with van der Waals surface area (Å²) in [7, 11) is 0. The summed E-state index contributed by atoms with van der Waals surface area (Å²) in [5, 5.41) is 3.79. The van der Waals surface area contributed by atoms with Gasteiger partial charge in [0.15, 0.2) is 6.61 Å². The van der Waals surface area contributed by atoms with Gasteiger partial charge in [0.25, 0.3) is 5.91 Å². The first-order chi connectivity index (χ1) is 9.56. The maximum atomic E-state index is 11.8. The number of halogens is 2. The minimum absolute atomic E-state index is 0.115. The maximum Gasteiger partial charge on any atom is 0.262 e. The summed E-state index contributed by atoms with van der Waals surface area (Å²) >= 11 is 11.8. The van der Waals surface area contributed by atoms with Gasteiger partial charge < -0.3 is 10.1 Å². The number of anilines is 1. The van der Waals surface area contributed by atoms with Crippen LogP contribution in [0, 0.1) is 6.92 Å². The molecule has 0 aliphatic rings. The van der Waals surface area contributed by atoms with Crippen molar-refractivity contribution >= 4 is 34.8 Å². The van der Waals surface area contributed by atoms with Gasteiger partial charge in [-0.05, 0) is 36.8 Å². The van der Waals surface area contributed by atoms with Gasteiger partial charge in [0, 0.05) is 10.7 Å². The fraction of sp³-hybridized carbons (Fsp3) is 0.133. The first kappa shape index (κ1) is 14.7. The van der Waals surface area contributed by atoms with Crippen molar-refractivity contribution in [2.24, 2.45) is 0 Å². The number of carbonyl (C=O) groups is 1. The molecule has 3 nitrogen and oxygen atoms in total. The lowest BCUT2D eigenvalue weighted by molar-refractivity contribution is -0.118. The molecule has 2 aromatic rings. The highest BCUT2D eigenvalue weighted by molar-refractivity contribution is 6.32. The molecule has 0 radical (unpaired) electrons. The monoisotopic (exact) mass is 309 g/mol. The molecule has 1 amide bonds. The van der Waals surface area contributed by atoms with Crippen LogP contribution in [0.25, 0.3) is 0 Å². The van der Waals surface area contributed by atoms with Crippen LogP contribution in [0.1, 0.15) is 5.56 Å². The number of hydrogen-bond donors (Lipinski definition) is 1. The van der Waals surface area contributed by atoms with Crippen molar-refractivity contribution in [1.82, 2.24) is 0 Å². The number of carbonyl (C=O) groups excluding carboxylic acids is 1. The Labute approximate surface area is 127 Å². The van der Waals surface area contributed by atoms with Gasteiger partial charge in [0.2, 0.25) is 0 Å². The topological polar surface area (TPSA) is 38.3 Å². The number of amides is 1. The lowest BCUT2D eigenvalue weighted by Crippen LogP contribution is -2.20. The van der Waals surface area contributed by atoms with Gasteiger partial charge in [-0.3, -0.25) is 4.79 Å². The zero-order valence-corrected chi connectivity index (χ0v) is 12.3. The molecule has 0 bridgehead atoms. The van der Waals surface area contributed by atoms with Crippen LogP contribution in [0.3, 0.4) is 0 Å². The molecule has 104 valence electrons. The third-order valence-electron chi connectivity index (χ3n) is 2.67. The number of para-hydroxylation sites is 1. The number of benzene rings is 2. The molecule has 0 saturated carbocycles. The van der Waals surface area contributed by atoms with Gasteiger partial charge in [0.05, 0.1) is 5.02 Å². The van der Waals surface area contributed by atoms with Crippen LogP contribution in [-0.4, -0.2) is 12.5 Å². The Hall–Kier alpha value is -1.71. The molecule has 5 heteroatoms. The van der Waals surface area contributed by atoms with E-state index in [4.69, 9.17) is 27.9 Å². The second-order valence-corrected chi connectivity index (χ2v) is 5.07. The van der Waals surface area contributed by atoms with Crippen molar-refractivity contribution in [2.45, 2.75) is 6.92 Å². The van der Waals surface area contributed by atoms with E-state index in [-0.39, 0.29) is 12.5 Å². The van der Waals surface area contributed by atoms with Crippen LogP contribution in [0.2, 0.25) is 10.0 Å². The predicted molar refractivity (Wildman–Crippen MR) is 81.8 cm³/mol. The second kappa shape index (κ2) is 6.64. The van der Waals surface area contributed by atoms with E-state index in [1.165, 1.54) is 0 Å². The van der Waals surface area contributed by atoms with Crippen LogP contribution in [0.5, 0.6) is 5.75 Å². The molecule has 1 N–H and O–H groups in total. The predicted octanol–water partition coefficient (Wildman–Crippen LogP) is 4.32. The molecule has 0 heterocycles. The van der Waals surface area contributed by atoms with Gasteiger partial charge >= 0.3 is 0 Å². The van der Waals surface area contributed by atoms with Gasteiger partial charge in [-0.1, -0.05) is 41.4 Å². The molecule has 0 fully saturated rings. The van der Waals surface area contributed by atoms with Gasteiger partial charge in [0.1, 0.15) is 5.75 Å². The molecule has 2 aromatic carbocycles. The van der Waals surface area contributed by atoms with E-state index in [1.54, 1.807) is 36.4 Å². The molecule has 20 heavy (non-hydrogen) atoms. The molecule has 0 spiro atoms. The number of hydrogen-bond acceptors (Lipinski definition) is 2. The highest BCUT2D eigenvalue weighted by Gasteiger charge is 2.07. The summed E-state index contributed by atoms with van der Waals surface area (Å²) in [6.07, 6.45) is 0. The Morgan fingerprint density at radius 3 is 2.70 bits per heavy atom. The van der Waals surface area contributed by atoms with Crippen molar-refractivity contribution in [3.05, 3.63) is 58.1 Å². The largest absolute Gasteiger partial charge is 0.482 e. The Bertz CT molecular complexity index is 629. The Balaban J connectivity index is 1.96. The van der Waals surface area contributed by atoms with Crippen molar-refractivity contribution in [3.63, 3.8) is 0 Å². The quantitative estimate of drug-likeness (QED) is 0.913. The number of ether oxygens (including phenoxy) is 1. The van der Waals surface area contributed by atoms with E-state index in [0.29, 0.717) is 21.5 Å². The zero-order valence-electron chi connectivity index (χ0n) is 10.8. The molecule has 2 rings (SSSR count). The fourth-order valence-corrected chi connectivity index (χ4v) is 1.98. The van der Waals surface area contributed by atoms with Crippen molar-refractivity contribution in [3.8, 4) is 5.75 Å². The van der Waals surface area contributed by atoms with Gasteiger partial charge in [-0.2, -0.15) is 0 Å². The molecule has 0 aliphatic carbocycles. The van der Waals surface area contributed by atoms with Crippen LogP contribution >= 0.6 is 23.2 Å². The highest BCUT2D eigenvalue weighted by atomic mass is 35.5. The molecule has 0 saturated heterocycles. The minimum atomic E-state index is -0.268. The van der Waals surface area contributed by atoms with E-state index in [9.17, 15) is 4.79 Å². The summed E-state index contributed by atoms with van der Waals surface area (Å²) in [6.45, 7) is 1.77. The van der Waals surface area contributed by atoms with Crippen molar-refractivity contribution < 1.29 is 9.53 Å². The average molecular weight is 310 g/mol. The lowest BCUT2D eigenvalue weighted by Gasteiger charge is -2.10. The summed E-state index contributed by atoms with van der Waals surface area (Å²) in [5.41, 5.74) is 1.60. The summed E-state index contributed by atoms with van der Waals surface area (Å²) in [4.78, 5) is 11.8. The van der Waals surface area contributed by atoms with Crippen LogP contribution in [0.4, 0.5) is 5.69 Å². The number of rotatable bonds is 4. The van der Waals surface area contributed by atoms with E-state index < -0.39 is 0 Å². The minimum Gasteiger partial charge on any atom is -0.482 e. The first-order valence-corrected chi connectivity index (χ1v) is 6.75. The first-order valence-electron chi connectivity index (χ1n) is 5.99. The lowest BCUT2D eigenvalue weighted by atomic mass is 10.2. The Kier molecular flexibility index (Phi) is 4.88. The standard InChI is InChI=1S/C15H13Cl2NO2/c1-10-6-7-11(16)8-13(10)18-15(19)9-20-14-5-3-2-4-12(14)17/h2-8H,9H2,1H3,(H,18,19). The van der Waals surface area contributed by atoms with E-state index in [0.717, 1.165) is 5.56 Å². The molecule has 0 atom stereocenters. The normalized spacial score (nSPS) is 10.2.